The van der Waals surface area contributed by atoms with Crippen molar-refractivity contribution in [3.63, 3.8) is 0 Å². The minimum atomic E-state index is -4.61. The molecule has 9 heteroatoms. The molecule has 8 nitrogen and oxygen atoms in total. The monoisotopic (exact) mass is 935 g/mol. The molecular formula is C56H107N2O6P. The lowest BCUT2D eigenvalue weighted by molar-refractivity contribution is -0.870. The highest BCUT2D eigenvalue weighted by Gasteiger charge is 2.23. The molecule has 0 aliphatic heterocycles. The number of carbonyl (C=O) groups excluding carboxylic acids is 1. The van der Waals surface area contributed by atoms with Crippen molar-refractivity contribution in [3.05, 3.63) is 48.6 Å². The van der Waals surface area contributed by atoms with Crippen LogP contribution in [-0.2, 0) is 18.4 Å². The number of carbonyl (C=O) groups is 1. The van der Waals surface area contributed by atoms with Gasteiger partial charge in [-0.25, -0.2) is 0 Å². The van der Waals surface area contributed by atoms with Crippen molar-refractivity contribution >= 4 is 13.7 Å². The summed E-state index contributed by atoms with van der Waals surface area (Å²) in [5.74, 6) is -0.212. The molecule has 382 valence electrons. The van der Waals surface area contributed by atoms with E-state index in [4.69, 9.17) is 9.05 Å². The summed E-state index contributed by atoms with van der Waals surface area (Å²) in [5.41, 5.74) is 0. The van der Waals surface area contributed by atoms with Crippen LogP contribution in [0, 0.1) is 0 Å². The number of rotatable bonds is 50. The minimum Gasteiger partial charge on any atom is -0.756 e. The molecule has 3 atom stereocenters. The molecule has 0 saturated heterocycles. The normalized spacial score (nSPS) is 14.4. The number of likely N-dealkylation sites (N-methyl/N-ethyl adjacent to an activating group) is 1. The highest BCUT2D eigenvalue weighted by molar-refractivity contribution is 7.45. The number of aliphatic hydroxyl groups is 1. The van der Waals surface area contributed by atoms with E-state index >= 15 is 0 Å². The van der Waals surface area contributed by atoms with Gasteiger partial charge in [-0.15, -0.1) is 0 Å². The van der Waals surface area contributed by atoms with Gasteiger partial charge < -0.3 is 28.8 Å². The SMILES string of the molecule is CCCCCCCCCC/C=C/CC/C=C/CC/C=C/C(O)C(COP(=O)([O-])OCC[N+](C)(C)C)NC(=O)CCCCCCCCCCC/C=C\CCCCCCCCCCCCCC. The molecule has 0 aliphatic carbocycles. The van der Waals surface area contributed by atoms with E-state index in [1.165, 1.54) is 186 Å². The number of phosphoric acid groups is 1. The summed E-state index contributed by atoms with van der Waals surface area (Å²) in [6.07, 6.45) is 61.8. The first-order chi connectivity index (χ1) is 31.5. The molecule has 0 radical (unpaired) electrons. The van der Waals surface area contributed by atoms with Gasteiger partial charge in [0.25, 0.3) is 7.82 Å². The molecule has 2 N–H and O–H groups in total. The van der Waals surface area contributed by atoms with Gasteiger partial charge >= 0.3 is 0 Å². The van der Waals surface area contributed by atoms with Gasteiger partial charge in [0, 0.05) is 6.42 Å². The van der Waals surface area contributed by atoms with Crippen LogP contribution < -0.4 is 10.2 Å². The van der Waals surface area contributed by atoms with E-state index in [0.29, 0.717) is 17.4 Å². The molecule has 0 saturated carbocycles. The molecule has 0 fully saturated rings. The van der Waals surface area contributed by atoms with Crippen LogP contribution >= 0.6 is 7.82 Å². The fourth-order valence-electron chi connectivity index (χ4n) is 7.89. The maximum absolute atomic E-state index is 12.9. The smallest absolute Gasteiger partial charge is 0.268 e. The van der Waals surface area contributed by atoms with Crippen molar-refractivity contribution in [2.24, 2.45) is 0 Å². The Morgan fingerprint density at radius 3 is 1.25 bits per heavy atom. The number of nitrogens with one attached hydrogen (secondary N) is 1. The number of unbranched alkanes of at least 4 members (excludes halogenated alkanes) is 31. The quantitative estimate of drug-likeness (QED) is 0.0272. The Balaban J connectivity index is 4.28. The largest absolute Gasteiger partial charge is 0.756 e. The Kier molecular flexibility index (Phi) is 46.4. The van der Waals surface area contributed by atoms with Crippen molar-refractivity contribution in [1.82, 2.24) is 5.32 Å². The third-order valence-electron chi connectivity index (χ3n) is 12.2. The van der Waals surface area contributed by atoms with E-state index in [0.717, 1.165) is 44.9 Å². The van der Waals surface area contributed by atoms with Crippen LogP contribution in [0.2, 0.25) is 0 Å². The molecular weight excluding hydrogens is 828 g/mol. The summed E-state index contributed by atoms with van der Waals surface area (Å²) < 4.78 is 23.3. The summed E-state index contributed by atoms with van der Waals surface area (Å²) in [6, 6.07) is -0.911. The Hall–Kier alpha value is -1.54. The highest BCUT2D eigenvalue weighted by Crippen LogP contribution is 2.38. The summed E-state index contributed by atoms with van der Waals surface area (Å²) >= 11 is 0. The van der Waals surface area contributed by atoms with E-state index in [2.05, 4.69) is 55.6 Å². The molecule has 0 aromatic rings. The molecule has 0 heterocycles. The predicted octanol–water partition coefficient (Wildman–Crippen LogP) is 15.7. The van der Waals surface area contributed by atoms with E-state index in [1.54, 1.807) is 6.08 Å². The zero-order chi connectivity index (χ0) is 47.8. The average molecular weight is 935 g/mol. The van der Waals surface area contributed by atoms with Crippen molar-refractivity contribution in [2.45, 2.75) is 264 Å². The van der Waals surface area contributed by atoms with Gasteiger partial charge in [0.15, 0.2) is 0 Å². The third kappa shape index (κ3) is 50.2. The second-order valence-corrected chi connectivity index (χ2v) is 21.3. The molecule has 0 rings (SSSR count). The van der Waals surface area contributed by atoms with Crippen molar-refractivity contribution in [3.8, 4) is 0 Å². The van der Waals surface area contributed by atoms with Gasteiger partial charge in [0.1, 0.15) is 13.2 Å². The minimum absolute atomic E-state index is 0.00986. The lowest BCUT2D eigenvalue weighted by Gasteiger charge is -2.29. The molecule has 0 aromatic heterocycles. The highest BCUT2D eigenvalue weighted by atomic mass is 31.2. The number of hydrogen-bond acceptors (Lipinski definition) is 6. The second-order valence-electron chi connectivity index (χ2n) is 19.9. The first-order valence-corrected chi connectivity index (χ1v) is 29.0. The van der Waals surface area contributed by atoms with E-state index in [-0.39, 0.29) is 12.5 Å². The number of hydrogen-bond donors (Lipinski definition) is 2. The number of nitrogens with zero attached hydrogens (tertiary/aromatic N) is 1. The third-order valence-corrected chi connectivity index (χ3v) is 13.2. The predicted molar refractivity (Wildman–Crippen MR) is 279 cm³/mol. The molecule has 65 heavy (non-hydrogen) atoms. The van der Waals surface area contributed by atoms with Crippen LogP contribution in [0.15, 0.2) is 48.6 Å². The van der Waals surface area contributed by atoms with Crippen molar-refractivity contribution in [1.29, 1.82) is 0 Å². The summed E-state index contributed by atoms with van der Waals surface area (Å²) in [6.45, 7) is 4.63. The van der Waals surface area contributed by atoms with Crippen molar-refractivity contribution in [2.75, 3.05) is 40.9 Å². The van der Waals surface area contributed by atoms with E-state index < -0.39 is 26.6 Å². The zero-order valence-corrected chi connectivity index (χ0v) is 44.3. The number of quaternary nitrogens is 1. The Labute approximate surface area is 403 Å². The van der Waals surface area contributed by atoms with Crippen LogP contribution in [0.25, 0.3) is 0 Å². The average Bonchev–Trinajstić information content (AvgIpc) is 3.26. The van der Waals surface area contributed by atoms with Crippen LogP contribution in [-0.4, -0.2) is 68.5 Å². The fraction of sp³-hybridized carbons (Fsp3) is 0.839. The maximum atomic E-state index is 12.9. The number of amides is 1. The van der Waals surface area contributed by atoms with Gasteiger partial charge in [-0.3, -0.25) is 9.36 Å². The first-order valence-electron chi connectivity index (χ1n) is 27.5. The molecule has 0 spiro atoms. The summed E-state index contributed by atoms with van der Waals surface area (Å²) in [4.78, 5) is 25.4. The van der Waals surface area contributed by atoms with Crippen LogP contribution in [0.1, 0.15) is 251 Å². The maximum Gasteiger partial charge on any atom is 0.268 e. The summed E-state index contributed by atoms with van der Waals surface area (Å²) in [5, 5.41) is 13.8. The second kappa shape index (κ2) is 47.5. The topological polar surface area (TPSA) is 108 Å². The standard InChI is InChI=1S/C56H107N2O6P/c1-6-8-10-12-14-16-18-20-22-24-26-27-28-29-30-31-32-34-36-38-40-42-44-46-48-50-56(60)57-54(53-64-65(61,62)63-52-51-58(3,4)5)55(59)49-47-45-43-41-39-37-35-33-25-23-21-19-17-15-13-11-9-7-2/h25,29-30,33,39,41,47,49,54-55,59H,6-24,26-28,31-32,34-38,40,42-46,48,50-53H2,1-5H3,(H-,57,60,61,62)/b30-29-,33-25+,41-39+,49-47+. The Bertz CT molecular complexity index is 1200. The number of phosphoric ester groups is 1. The fourth-order valence-corrected chi connectivity index (χ4v) is 8.61. The summed E-state index contributed by atoms with van der Waals surface area (Å²) in [7, 11) is 1.24. The van der Waals surface area contributed by atoms with E-state index in [9.17, 15) is 19.4 Å². The Morgan fingerprint density at radius 2 is 0.862 bits per heavy atom. The van der Waals surface area contributed by atoms with Gasteiger partial charge in [0.05, 0.1) is 39.9 Å². The van der Waals surface area contributed by atoms with Gasteiger partial charge in [-0.1, -0.05) is 223 Å². The zero-order valence-electron chi connectivity index (χ0n) is 43.4. The first kappa shape index (κ1) is 63.5. The van der Waals surface area contributed by atoms with Crippen LogP contribution in [0.5, 0.6) is 0 Å². The number of allylic oxidation sites excluding steroid dienone is 7. The molecule has 0 aliphatic rings. The Morgan fingerprint density at radius 1 is 0.523 bits per heavy atom. The van der Waals surface area contributed by atoms with Crippen LogP contribution in [0.3, 0.4) is 0 Å². The molecule has 0 bridgehead atoms. The van der Waals surface area contributed by atoms with E-state index in [1.807, 2.05) is 27.2 Å². The van der Waals surface area contributed by atoms with Crippen LogP contribution in [0.4, 0.5) is 0 Å². The van der Waals surface area contributed by atoms with Gasteiger partial charge in [0.2, 0.25) is 5.91 Å². The molecule has 0 aromatic carbocycles. The molecule has 1 amide bonds. The molecule has 3 unspecified atom stereocenters. The lowest BCUT2D eigenvalue weighted by Crippen LogP contribution is -2.45. The van der Waals surface area contributed by atoms with Crippen molar-refractivity contribution < 1.29 is 32.9 Å². The van der Waals surface area contributed by atoms with Gasteiger partial charge in [-0.05, 0) is 70.6 Å². The lowest BCUT2D eigenvalue weighted by atomic mass is 10.0. The van der Waals surface area contributed by atoms with Gasteiger partial charge in [-0.2, -0.15) is 0 Å². The number of aliphatic hydroxyl groups excluding tert-OH is 1.